The van der Waals surface area contributed by atoms with Crippen molar-refractivity contribution in [2.24, 2.45) is 5.84 Å². The van der Waals surface area contributed by atoms with Crippen LogP contribution < -0.4 is 11.3 Å². The van der Waals surface area contributed by atoms with Crippen LogP contribution in [0.2, 0.25) is 10.0 Å². The van der Waals surface area contributed by atoms with Gasteiger partial charge in [0.05, 0.1) is 15.7 Å². The number of nitrogen functional groups attached to an aromatic ring is 1. The first kappa shape index (κ1) is 16.0. The summed E-state index contributed by atoms with van der Waals surface area (Å²) < 4.78 is 4.55. The molecule has 4 nitrogen and oxygen atoms in total. The molecule has 96 valence electrons. The molecule has 0 aromatic heterocycles. The molecule has 0 bridgehead atoms. The average Bonchev–Trinajstić information content (AvgIpc) is 2.21. The van der Waals surface area contributed by atoms with Crippen molar-refractivity contribution < 1.29 is 9.53 Å². The first-order valence-corrected chi connectivity index (χ1v) is 5.59. The Labute approximate surface area is 111 Å². The fourth-order valence-electron chi connectivity index (χ4n) is 0.730. The first-order chi connectivity index (χ1) is 7.80. The van der Waals surface area contributed by atoms with Gasteiger partial charge in [0.1, 0.15) is 5.60 Å². The minimum Gasteiger partial charge on any atom is -0.462 e. The molecular formula is C11H16Cl2N2O2. The predicted octanol–water partition coefficient (Wildman–Crippen LogP) is 3.24. The molecule has 0 spiro atoms. The summed E-state index contributed by atoms with van der Waals surface area (Å²) in [4.78, 5) is 9.60. The van der Waals surface area contributed by atoms with Crippen LogP contribution in [-0.2, 0) is 9.53 Å². The smallest absolute Gasteiger partial charge is 0.293 e. The third kappa shape index (κ3) is 7.85. The van der Waals surface area contributed by atoms with Crippen LogP contribution in [0.15, 0.2) is 18.2 Å². The van der Waals surface area contributed by atoms with Crippen LogP contribution in [0, 0.1) is 0 Å². The second kappa shape index (κ2) is 7.37. The molecule has 6 heteroatoms. The standard InChI is InChI=1S/C6H6Cl2N2.C5H10O2/c7-5-2-1-4(10-9)3-6(5)8;1-5(2,3)7-4-6/h1-3,10H,9H2;4H,1-3H3. The highest BCUT2D eigenvalue weighted by Crippen LogP contribution is 2.24. The summed E-state index contributed by atoms with van der Waals surface area (Å²) in [5.74, 6) is 5.12. The highest BCUT2D eigenvalue weighted by Gasteiger charge is 2.07. The lowest BCUT2D eigenvalue weighted by atomic mass is 10.2. The molecule has 0 aliphatic heterocycles. The SMILES string of the molecule is CC(C)(C)OC=O.NNc1ccc(Cl)c(Cl)c1. The molecular weight excluding hydrogens is 263 g/mol. The number of halogens is 2. The molecule has 0 radical (unpaired) electrons. The average molecular weight is 279 g/mol. The Morgan fingerprint density at radius 1 is 1.29 bits per heavy atom. The fraction of sp³-hybridized carbons (Fsp3) is 0.364. The Bertz CT molecular complexity index is 365. The maximum atomic E-state index is 9.60. The van der Waals surface area contributed by atoms with Gasteiger partial charge in [-0.2, -0.15) is 0 Å². The number of nitrogens with two attached hydrogens (primary N) is 1. The van der Waals surface area contributed by atoms with Crippen LogP contribution in [0.5, 0.6) is 0 Å². The highest BCUT2D eigenvalue weighted by atomic mass is 35.5. The third-order valence-corrected chi connectivity index (χ3v) is 2.23. The topological polar surface area (TPSA) is 64.3 Å². The molecule has 0 aliphatic carbocycles. The molecule has 0 saturated heterocycles. The molecule has 0 aliphatic rings. The van der Waals surface area contributed by atoms with Crippen LogP contribution in [0.4, 0.5) is 5.69 Å². The maximum Gasteiger partial charge on any atom is 0.293 e. The van der Waals surface area contributed by atoms with Gasteiger partial charge in [0.15, 0.2) is 0 Å². The lowest BCUT2D eigenvalue weighted by Gasteiger charge is -2.14. The quantitative estimate of drug-likeness (QED) is 0.495. The zero-order valence-corrected chi connectivity index (χ0v) is 11.5. The van der Waals surface area contributed by atoms with Crippen molar-refractivity contribution >= 4 is 35.4 Å². The normalized spacial score (nSPS) is 10.0. The molecule has 0 fully saturated rings. The van der Waals surface area contributed by atoms with Gasteiger partial charge < -0.3 is 10.2 Å². The lowest BCUT2D eigenvalue weighted by molar-refractivity contribution is -0.138. The van der Waals surface area contributed by atoms with Gasteiger partial charge in [0.25, 0.3) is 6.47 Å². The molecule has 0 saturated carbocycles. The zero-order chi connectivity index (χ0) is 13.5. The summed E-state index contributed by atoms with van der Waals surface area (Å²) in [5, 5.41) is 1.03. The fourth-order valence-corrected chi connectivity index (χ4v) is 1.03. The zero-order valence-electron chi connectivity index (χ0n) is 9.96. The van der Waals surface area contributed by atoms with Crippen molar-refractivity contribution in [2.45, 2.75) is 26.4 Å². The van der Waals surface area contributed by atoms with E-state index in [4.69, 9.17) is 29.0 Å². The molecule has 1 aromatic rings. The molecule has 17 heavy (non-hydrogen) atoms. The van der Waals surface area contributed by atoms with Crippen molar-refractivity contribution in [1.29, 1.82) is 0 Å². The Kier molecular flexibility index (Phi) is 6.95. The largest absolute Gasteiger partial charge is 0.462 e. The highest BCUT2D eigenvalue weighted by molar-refractivity contribution is 6.42. The van der Waals surface area contributed by atoms with Crippen molar-refractivity contribution in [3.63, 3.8) is 0 Å². The summed E-state index contributed by atoms with van der Waals surface area (Å²) in [7, 11) is 0. The number of ether oxygens (including phenoxy) is 1. The molecule has 0 amide bonds. The van der Waals surface area contributed by atoms with E-state index in [0.717, 1.165) is 5.69 Å². The van der Waals surface area contributed by atoms with Gasteiger partial charge in [-0.25, -0.2) is 0 Å². The van der Waals surface area contributed by atoms with E-state index < -0.39 is 0 Å². The summed E-state index contributed by atoms with van der Waals surface area (Å²) >= 11 is 11.3. The van der Waals surface area contributed by atoms with Crippen LogP contribution in [0.1, 0.15) is 20.8 Å². The van der Waals surface area contributed by atoms with Crippen molar-refractivity contribution in [3.8, 4) is 0 Å². The van der Waals surface area contributed by atoms with Gasteiger partial charge in [-0.15, -0.1) is 0 Å². The number of rotatable bonds is 2. The van der Waals surface area contributed by atoms with Crippen LogP contribution in [0.25, 0.3) is 0 Å². The van der Waals surface area contributed by atoms with E-state index in [0.29, 0.717) is 16.5 Å². The Morgan fingerprint density at radius 2 is 1.88 bits per heavy atom. The number of anilines is 1. The maximum absolute atomic E-state index is 9.60. The number of hydrogen-bond donors (Lipinski definition) is 2. The van der Waals surface area contributed by atoms with Crippen LogP contribution in [0.3, 0.4) is 0 Å². The minimum absolute atomic E-state index is 0.318. The molecule has 1 rings (SSSR count). The van der Waals surface area contributed by atoms with Crippen molar-refractivity contribution in [3.05, 3.63) is 28.2 Å². The molecule has 1 aromatic carbocycles. The van der Waals surface area contributed by atoms with Gasteiger partial charge in [-0.05, 0) is 39.0 Å². The van der Waals surface area contributed by atoms with E-state index in [1.807, 2.05) is 20.8 Å². The number of nitrogens with one attached hydrogen (secondary N) is 1. The Hall–Kier alpha value is -0.970. The number of hydrazine groups is 1. The van der Waals surface area contributed by atoms with Gasteiger partial charge in [0, 0.05) is 0 Å². The molecule has 0 heterocycles. The van der Waals surface area contributed by atoms with Gasteiger partial charge in [-0.3, -0.25) is 10.6 Å². The van der Waals surface area contributed by atoms with E-state index in [1.165, 1.54) is 0 Å². The summed E-state index contributed by atoms with van der Waals surface area (Å²) in [6, 6.07) is 5.08. The summed E-state index contributed by atoms with van der Waals surface area (Å²) in [6.07, 6.45) is 0. The van der Waals surface area contributed by atoms with E-state index >= 15 is 0 Å². The molecule has 0 unspecified atom stereocenters. The van der Waals surface area contributed by atoms with E-state index in [9.17, 15) is 4.79 Å². The van der Waals surface area contributed by atoms with Gasteiger partial charge >= 0.3 is 0 Å². The number of hydrogen-bond acceptors (Lipinski definition) is 4. The predicted molar refractivity (Wildman–Crippen MR) is 71.2 cm³/mol. The first-order valence-electron chi connectivity index (χ1n) is 4.83. The van der Waals surface area contributed by atoms with Gasteiger partial charge in [-0.1, -0.05) is 23.2 Å². The van der Waals surface area contributed by atoms with E-state index in [-0.39, 0.29) is 5.60 Å². The Balaban J connectivity index is 0.000000325. The number of benzene rings is 1. The van der Waals surface area contributed by atoms with Crippen molar-refractivity contribution in [2.75, 3.05) is 5.43 Å². The molecule has 3 N–H and O–H groups in total. The number of carbonyl (C=O) groups is 1. The monoisotopic (exact) mass is 278 g/mol. The minimum atomic E-state index is -0.318. The lowest BCUT2D eigenvalue weighted by Crippen LogP contribution is -2.17. The second-order valence-corrected chi connectivity index (χ2v) is 4.91. The van der Waals surface area contributed by atoms with E-state index in [2.05, 4.69) is 10.2 Å². The van der Waals surface area contributed by atoms with Gasteiger partial charge in [0.2, 0.25) is 0 Å². The third-order valence-electron chi connectivity index (χ3n) is 1.49. The van der Waals surface area contributed by atoms with E-state index in [1.54, 1.807) is 18.2 Å². The number of carbonyl (C=O) groups excluding carboxylic acids is 1. The summed E-state index contributed by atoms with van der Waals surface area (Å²) in [6.45, 7) is 5.92. The van der Waals surface area contributed by atoms with Crippen molar-refractivity contribution in [1.82, 2.24) is 0 Å². The van der Waals surface area contributed by atoms with Crippen LogP contribution >= 0.6 is 23.2 Å². The summed E-state index contributed by atoms with van der Waals surface area (Å²) in [5.41, 5.74) is 2.88. The second-order valence-electron chi connectivity index (χ2n) is 4.10. The van der Waals surface area contributed by atoms with Crippen LogP contribution in [-0.4, -0.2) is 12.1 Å². The molecule has 0 atom stereocenters. The Morgan fingerprint density at radius 3 is 2.18 bits per heavy atom.